The lowest BCUT2D eigenvalue weighted by atomic mass is 9.80. The molecule has 22 heavy (non-hydrogen) atoms. The Morgan fingerprint density at radius 2 is 1.95 bits per heavy atom. The van der Waals surface area contributed by atoms with Crippen molar-refractivity contribution in [2.75, 3.05) is 33.4 Å². The molecule has 0 bridgehead atoms. The molecule has 1 aromatic carbocycles. The van der Waals surface area contributed by atoms with Gasteiger partial charge in [0.2, 0.25) is 10.0 Å². The molecule has 1 heterocycles. The van der Waals surface area contributed by atoms with Gasteiger partial charge in [0.15, 0.2) is 0 Å². The number of benzene rings is 1. The fourth-order valence-electron chi connectivity index (χ4n) is 2.93. The normalized spacial score (nSPS) is 18.3. The Balaban J connectivity index is 2.00. The van der Waals surface area contributed by atoms with Gasteiger partial charge in [-0.05, 0) is 44.0 Å². The first-order chi connectivity index (χ1) is 10.5. The molecule has 1 aliphatic rings. The summed E-state index contributed by atoms with van der Waals surface area (Å²) in [5.74, 6) is 0.0288. The van der Waals surface area contributed by atoms with E-state index in [1.165, 1.54) is 0 Å². The van der Waals surface area contributed by atoms with Gasteiger partial charge in [-0.2, -0.15) is 0 Å². The molecule has 0 atom stereocenters. The maximum Gasteiger partial charge on any atom is 0.215 e. The molecule has 6 heteroatoms. The fourth-order valence-corrected chi connectivity index (χ4v) is 4.29. The smallest absolute Gasteiger partial charge is 0.215 e. The predicted molar refractivity (Wildman–Crippen MR) is 88.2 cm³/mol. The summed E-state index contributed by atoms with van der Waals surface area (Å²) in [5.41, 5.74) is 1.75. The fraction of sp³-hybridized carbons (Fsp3) is 0.625. The first kappa shape index (κ1) is 17.4. The third-order valence-corrected chi connectivity index (χ3v) is 5.66. The van der Waals surface area contributed by atoms with Crippen LogP contribution in [0.2, 0.25) is 0 Å². The van der Waals surface area contributed by atoms with Crippen LogP contribution in [0, 0.1) is 12.3 Å². The number of aryl methyl sites for hydroxylation is 1. The Labute approximate surface area is 133 Å². The predicted octanol–water partition coefficient (Wildman–Crippen LogP) is 1.43. The van der Waals surface area contributed by atoms with Crippen molar-refractivity contribution in [1.82, 2.24) is 10.0 Å². The molecule has 124 valence electrons. The first-order valence-electron chi connectivity index (χ1n) is 7.68. The highest BCUT2D eigenvalue weighted by molar-refractivity contribution is 7.88. The van der Waals surface area contributed by atoms with E-state index in [9.17, 15) is 8.42 Å². The topological polar surface area (TPSA) is 67.4 Å². The van der Waals surface area contributed by atoms with Crippen molar-refractivity contribution in [3.8, 4) is 0 Å². The van der Waals surface area contributed by atoms with Gasteiger partial charge in [-0.15, -0.1) is 0 Å². The van der Waals surface area contributed by atoms with E-state index in [0.29, 0.717) is 13.2 Å². The van der Waals surface area contributed by atoms with Crippen LogP contribution in [-0.4, -0.2) is 41.8 Å². The van der Waals surface area contributed by atoms with Crippen LogP contribution in [0.3, 0.4) is 0 Å². The second kappa shape index (κ2) is 7.55. The quantitative estimate of drug-likeness (QED) is 0.795. The minimum atomic E-state index is -3.34. The van der Waals surface area contributed by atoms with Gasteiger partial charge in [0.25, 0.3) is 0 Å². The number of hydrogen-bond acceptors (Lipinski definition) is 4. The van der Waals surface area contributed by atoms with E-state index in [1.807, 2.05) is 31.2 Å². The highest BCUT2D eigenvalue weighted by Crippen LogP contribution is 2.28. The molecule has 0 amide bonds. The van der Waals surface area contributed by atoms with Crippen LogP contribution >= 0.6 is 0 Å². The summed E-state index contributed by atoms with van der Waals surface area (Å²) in [6.45, 7) is 4.77. The summed E-state index contributed by atoms with van der Waals surface area (Å²) in [5, 5.41) is 3.31. The number of nitrogens with one attached hydrogen (secondary N) is 2. The lowest BCUT2D eigenvalue weighted by molar-refractivity contribution is 0.0577. The van der Waals surface area contributed by atoms with Gasteiger partial charge in [0.05, 0.1) is 12.4 Å². The summed E-state index contributed by atoms with van der Waals surface area (Å²) < 4.78 is 32.9. The molecule has 1 fully saturated rings. The highest BCUT2D eigenvalue weighted by atomic mass is 32.2. The SMILES string of the molecule is COCC1(CNS(=O)(=O)Cc2ccccc2C)CCNCC1. The van der Waals surface area contributed by atoms with Crippen LogP contribution in [-0.2, 0) is 20.5 Å². The molecule has 1 aromatic rings. The minimum absolute atomic E-state index is 0.0288. The van der Waals surface area contributed by atoms with Gasteiger partial charge in [-0.25, -0.2) is 13.1 Å². The number of rotatable bonds is 7. The molecule has 2 rings (SSSR count). The highest BCUT2D eigenvalue weighted by Gasteiger charge is 2.33. The van der Waals surface area contributed by atoms with Gasteiger partial charge in [0, 0.05) is 19.1 Å². The van der Waals surface area contributed by atoms with Crippen LogP contribution < -0.4 is 10.0 Å². The average Bonchev–Trinajstić information content (AvgIpc) is 2.49. The molecule has 0 saturated carbocycles. The van der Waals surface area contributed by atoms with Crippen LogP contribution in [0.4, 0.5) is 0 Å². The van der Waals surface area contributed by atoms with Crippen molar-refractivity contribution in [1.29, 1.82) is 0 Å². The summed E-state index contributed by atoms with van der Waals surface area (Å²) in [6, 6.07) is 7.59. The van der Waals surface area contributed by atoms with Crippen LogP contribution in [0.25, 0.3) is 0 Å². The third-order valence-electron chi connectivity index (χ3n) is 4.39. The van der Waals surface area contributed by atoms with Crippen LogP contribution in [0.1, 0.15) is 24.0 Å². The van der Waals surface area contributed by atoms with Crippen molar-refractivity contribution >= 4 is 10.0 Å². The molecule has 0 spiro atoms. The largest absolute Gasteiger partial charge is 0.384 e. The Morgan fingerprint density at radius 3 is 2.59 bits per heavy atom. The lowest BCUT2D eigenvalue weighted by Crippen LogP contribution is -2.47. The second-order valence-electron chi connectivity index (χ2n) is 6.19. The lowest BCUT2D eigenvalue weighted by Gasteiger charge is -2.37. The molecule has 1 aliphatic heterocycles. The van der Waals surface area contributed by atoms with E-state index >= 15 is 0 Å². The van der Waals surface area contributed by atoms with E-state index in [2.05, 4.69) is 10.0 Å². The molecule has 0 aromatic heterocycles. The molecule has 0 radical (unpaired) electrons. The Hall–Kier alpha value is -0.950. The zero-order valence-electron chi connectivity index (χ0n) is 13.4. The molecule has 5 nitrogen and oxygen atoms in total. The summed E-state index contributed by atoms with van der Waals surface area (Å²) in [4.78, 5) is 0. The zero-order valence-corrected chi connectivity index (χ0v) is 14.2. The number of methoxy groups -OCH3 is 1. The molecular formula is C16H26N2O3S. The van der Waals surface area contributed by atoms with E-state index in [0.717, 1.165) is 37.1 Å². The number of ether oxygens (including phenoxy) is 1. The van der Waals surface area contributed by atoms with Gasteiger partial charge in [-0.3, -0.25) is 0 Å². The molecule has 2 N–H and O–H groups in total. The van der Waals surface area contributed by atoms with Gasteiger partial charge >= 0.3 is 0 Å². The maximum atomic E-state index is 12.4. The number of piperidine rings is 1. The monoisotopic (exact) mass is 326 g/mol. The number of sulfonamides is 1. The summed E-state index contributed by atoms with van der Waals surface area (Å²) in [7, 11) is -1.67. The second-order valence-corrected chi connectivity index (χ2v) is 8.00. The third kappa shape index (κ3) is 4.78. The average molecular weight is 326 g/mol. The van der Waals surface area contributed by atoms with Gasteiger partial charge in [0.1, 0.15) is 0 Å². The van der Waals surface area contributed by atoms with Crippen LogP contribution in [0.15, 0.2) is 24.3 Å². The minimum Gasteiger partial charge on any atom is -0.384 e. The van der Waals surface area contributed by atoms with E-state index < -0.39 is 10.0 Å². The van der Waals surface area contributed by atoms with E-state index in [1.54, 1.807) is 7.11 Å². The van der Waals surface area contributed by atoms with Crippen molar-refractivity contribution in [2.24, 2.45) is 5.41 Å². The van der Waals surface area contributed by atoms with Crippen molar-refractivity contribution < 1.29 is 13.2 Å². The molecule has 1 saturated heterocycles. The first-order valence-corrected chi connectivity index (χ1v) is 9.33. The van der Waals surface area contributed by atoms with Gasteiger partial charge in [-0.1, -0.05) is 24.3 Å². The summed E-state index contributed by atoms with van der Waals surface area (Å²) >= 11 is 0. The van der Waals surface area contributed by atoms with Crippen molar-refractivity contribution in [3.05, 3.63) is 35.4 Å². The maximum absolute atomic E-state index is 12.4. The van der Waals surface area contributed by atoms with Crippen molar-refractivity contribution in [3.63, 3.8) is 0 Å². The van der Waals surface area contributed by atoms with E-state index in [4.69, 9.17) is 4.74 Å². The standard InChI is InChI=1S/C16H26N2O3S/c1-14-5-3-4-6-15(14)11-22(19,20)18-12-16(13-21-2)7-9-17-10-8-16/h3-6,17-18H,7-13H2,1-2H3. The van der Waals surface area contributed by atoms with Crippen LogP contribution in [0.5, 0.6) is 0 Å². The molecular weight excluding hydrogens is 300 g/mol. The number of hydrogen-bond donors (Lipinski definition) is 2. The van der Waals surface area contributed by atoms with E-state index in [-0.39, 0.29) is 11.2 Å². The summed E-state index contributed by atoms with van der Waals surface area (Å²) in [6.07, 6.45) is 1.85. The van der Waals surface area contributed by atoms with Crippen molar-refractivity contribution in [2.45, 2.75) is 25.5 Å². The Bertz CT molecular complexity index is 575. The Kier molecular flexibility index (Phi) is 5.97. The molecule has 0 aliphatic carbocycles. The molecule has 0 unspecified atom stereocenters. The zero-order chi connectivity index (χ0) is 16.1. The van der Waals surface area contributed by atoms with Gasteiger partial charge < -0.3 is 10.1 Å². The Morgan fingerprint density at radius 1 is 1.27 bits per heavy atom.